The van der Waals surface area contributed by atoms with Gasteiger partial charge in [-0.15, -0.1) is 5.10 Å². The van der Waals surface area contributed by atoms with Crippen LogP contribution < -0.4 is 0 Å². The van der Waals surface area contributed by atoms with E-state index in [4.69, 9.17) is 0 Å². The van der Waals surface area contributed by atoms with E-state index in [0.717, 1.165) is 43.3 Å². The lowest BCUT2D eigenvalue weighted by molar-refractivity contribution is 0.126. The van der Waals surface area contributed by atoms with Crippen LogP contribution >= 0.6 is 0 Å². The van der Waals surface area contributed by atoms with Gasteiger partial charge in [0.15, 0.2) is 0 Å². The highest BCUT2D eigenvalue weighted by Crippen LogP contribution is 2.22. The number of rotatable bonds is 6. The van der Waals surface area contributed by atoms with Crippen molar-refractivity contribution in [2.45, 2.75) is 51.7 Å². The Morgan fingerprint density at radius 2 is 2.04 bits per heavy atom. The molecular formula is C20H26N6. The zero-order chi connectivity index (χ0) is 17.8. The normalized spacial score (nSPS) is 18.3. The molecule has 1 aliphatic heterocycles. The summed E-state index contributed by atoms with van der Waals surface area (Å²) >= 11 is 0. The number of likely N-dealkylation sites (tertiary alicyclic amines) is 1. The third kappa shape index (κ3) is 3.85. The van der Waals surface area contributed by atoms with E-state index < -0.39 is 0 Å². The highest BCUT2D eigenvalue weighted by Gasteiger charge is 2.23. The Kier molecular flexibility index (Phi) is 5.11. The van der Waals surface area contributed by atoms with E-state index >= 15 is 0 Å². The van der Waals surface area contributed by atoms with Crippen molar-refractivity contribution in [1.29, 1.82) is 0 Å². The number of aryl methyl sites for hydroxylation is 2. The second-order valence-electron chi connectivity index (χ2n) is 7.07. The van der Waals surface area contributed by atoms with Gasteiger partial charge in [0.05, 0.1) is 17.6 Å². The molecule has 1 aromatic carbocycles. The van der Waals surface area contributed by atoms with Crippen molar-refractivity contribution >= 4 is 0 Å². The van der Waals surface area contributed by atoms with Crippen LogP contribution in [0, 0.1) is 6.92 Å². The van der Waals surface area contributed by atoms with Crippen LogP contribution in [0.25, 0.3) is 5.69 Å². The largest absolute Gasteiger partial charge is 0.335 e. The molecule has 1 fully saturated rings. The number of nitrogens with zero attached hydrogens (tertiary/aromatic N) is 6. The first-order valence-electron chi connectivity index (χ1n) is 9.48. The fourth-order valence-corrected chi connectivity index (χ4v) is 3.81. The van der Waals surface area contributed by atoms with Crippen LogP contribution in [-0.2, 0) is 13.1 Å². The molecule has 2 aromatic heterocycles. The van der Waals surface area contributed by atoms with E-state index in [0.29, 0.717) is 6.04 Å². The number of hydrogen-bond acceptors (Lipinski definition) is 4. The van der Waals surface area contributed by atoms with Crippen LogP contribution in [0.3, 0.4) is 0 Å². The first-order valence-corrected chi connectivity index (χ1v) is 9.48. The third-order valence-electron chi connectivity index (χ3n) is 5.30. The van der Waals surface area contributed by atoms with Crippen molar-refractivity contribution < 1.29 is 0 Å². The lowest BCUT2D eigenvalue weighted by atomic mass is 9.99. The quantitative estimate of drug-likeness (QED) is 0.685. The van der Waals surface area contributed by atoms with Gasteiger partial charge in [-0.05, 0) is 44.9 Å². The fourth-order valence-electron chi connectivity index (χ4n) is 3.81. The van der Waals surface area contributed by atoms with Crippen LogP contribution in [0.2, 0.25) is 0 Å². The Hall–Kier alpha value is -2.47. The van der Waals surface area contributed by atoms with Gasteiger partial charge in [0.25, 0.3) is 0 Å². The standard InChI is InChI=1S/C20H26N6/c1-17-21-11-14-24(17)13-10-19-7-5-6-12-25(19)15-18-16-26(23-22-18)20-8-3-2-4-9-20/h2-4,8-9,11,14,16,19H,5-7,10,12-13,15H2,1H3/t19-/m0/s1. The van der Waals surface area contributed by atoms with Crippen molar-refractivity contribution in [3.05, 3.63) is 60.4 Å². The van der Waals surface area contributed by atoms with Gasteiger partial charge in [-0.3, -0.25) is 4.90 Å². The maximum atomic E-state index is 4.40. The average Bonchev–Trinajstić information content (AvgIpc) is 3.31. The Morgan fingerprint density at radius 1 is 1.15 bits per heavy atom. The molecule has 1 atom stereocenters. The molecule has 3 aromatic rings. The van der Waals surface area contributed by atoms with Crippen molar-refractivity contribution in [2.75, 3.05) is 6.54 Å². The van der Waals surface area contributed by atoms with Crippen LogP contribution in [0.5, 0.6) is 0 Å². The van der Waals surface area contributed by atoms with Gasteiger partial charge in [-0.2, -0.15) is 0 Å². The number of imidazole rings is 1. The molecule has 6 heteroatoms. The predicted molar refractivity (Wildman–Crippen MR) is 101 cm³/mol. The Balaban J connectivity index is 1.40. The molecule has 6 nitrogen and oxygen atoms in total. The van der Waals surface area contributed by atoms with Crippen LogP contribution in [-0.4, -0.2) is 42.0 Å². The first kappa shape index (κ1) is 17.0. The molecule has 1 aliphatic rings. The van der Waals surface area contributed by atoms with Crippen LogP contribution in [0.4, 0.5) is 0 Å². The number of piperidine rings is 1. The van der Waals surface area contributed by atoms with E-state index in [1.807, 2.05) is 29.1 Å². The Morgan fingerprint density at radius 3 is 2.85 bits per heavy atom. The van der Waals surface area contributed by atoms with Gasteiger partial charge in [0, 0.05) is 31.5 Å². The van der Waals surface area contributed by atoms with Gasteiger partial charge < -0.3 is 4.57 Å². The summed E-state index contributed by atoms with van der Waals surface area (Å²) in [5.74, 6) is 1.10. The van der Waals surface area contributed by atoms with Crippen molar-refractivity contribution in [1.82, 2.24) is 29.4 Å². The minimum absolute atomic E-state index is 0.604. The smallest absolute Gasteiger partial charge is 0.105 e. The summed E-state index contributed by atoms with van der Waals surface area (Å²) < 4.78 is 4.11. The molecule has 0 radical (unpaired) electrons. The molecule has 0 spiro atoms. The van der Waals surface area contributed by atoms with Crippen LogP contribution in [0.15, 0.2) is 48.9 Å². The van der Waals surface area contributed by atoms with E-state index in [2.05, 4.69) is 56.2 Å². The van der Waals surface area contributed by atoms with Gasteiger partial charge in [0.2, 0.25) is 0 Å². The second-order valence-corrected chi connectivity index (χ2v) is 7.07. The molecule has 0 saturated carbocycles. The van der Waals surface area contributed by atoms with E-state index in [9.17, 15) is 0 Å². The molecule has 3 heterocycles. The summed E-state index contributed by atoms with van der Waals surface area (Å²) in [6.45, 7) is 5.12. The average molecular weight is 350 g/mol. The summed E-state index contributed by atoms with van der Waals surface area (Å²) in [5.41, 5.74) is 2.09. The molecule has 4 rings (SSSR count). The summed E-state index contributed by atoms with van der Waals surface area (Å²) in [7, 11) is 0. The molecule has 0 aliphatic carbocycles. The SMILES string of the molecule is Cc1nccn1CC[C@@H]1CCCCN1Cc1cn(-c2ccccc2)nn1. The van der Waals surface area contributed by atoms with Crippen LogP contribution in [0.1, 0.15) is 37.2 Å². The predicted octanol–water partition coefficient (Wildman–Crippen LogP) is 3.22. The fraction of sp³-hybridized carbons (Fsp3) is 0.450. The molecule has 0 bridgehead atoms. The maximum absolute atomic E-state index is 4.40. The third-order valence-corrected chi connectivity index (χ3v) is 5.30. The molecule has 136 valence electrons. The highest BCUT2D eigenvalue weighted by atomic mass is 15.4. The summed E-state index contributed by atoms with van der Waals surface area (Å²) in [4.78, 5) is 6.91. The van der Waals surface area contributed by atoms with E-state index in [1.165, 1.54) is 19.3 Å². The maximum Gasteiger partial charge on any atom is 0.105 e. The van der Waals surface area contributed by atoms with Crippen molar-refractivity contribution in [3.8, 4) is 5.69 Å². The van der Waals surface area contributed by atoms with Crippen molar-refractivity contribution in [3.63, 3.8) is 0 Å². The van der Waals surface area contributed by atoms with Gasteiger partial charge in [0.1, 0.15) is 5.82 Å². The summed E-state index contributed by atoms with van der Waals surface area (Å²) in [5, 5.41) is 8.70. The van der Waals surface area contributed by atoms with E-state index in [-0.39, 0.29) is 0 Å². The Bertz CT molecular complexity index is 822. The number of benzene rings is 1. The Labute approximate surface area is 154 Å². The molecule has 26 heavy (non-hydrogen) atoms. The summed E-state index contributed by atoms with van der Waals surface area (Å²) in [6, 6.07) is 10.8. The molecule has 0 N–H and O–H groups in total. The minimum Gasteiger partial charge on any atom is -0.335 e. The molecule has 1 saturated heterocycles. The molecule has 0 amide bonds. The lowest BCUT2D eigenvalue weighted by Gasteiger charge is -2.35. The first-order chi connectivity index (χ1) is 12.8. The lowest BCUT2D eigenvalue weighted by Crippen LogP contribution is -2.39. The second kappa shape index (κ2) is 7.83. The number of para-hydroxylation sites is 1. The number of aromatic nitrogens is 5. The van der Waals surface area contributed by atoms with Gasteiger partial charge >= 0.3 is 0 Å². The molecular weight excluding hydrogens is 324 g/mol. The van der Waals surface area contributed by atoms with E-state index in [1.54, 1.807) is 0 Å². The minimum atomic E-state index is 0.604. The number of hydrogen-bond donors (Lipinski definition) is 0. The monoisotopic (exact) mass is 350 g/mol. The zero-order valence-electron chi connectivity index (χ0n) is 15.3. The topological polar surface area (TPSA) is 51.8 Å². The highest BCUT2D eigenvalue weighted by molar-refractivity contribution is 5.29. The molecule has 0 unspecified atom stereocenters. The summed E-state index contributed by atoms with van der Waals surface area (Å²) in [6.07, 6.45) is 11.0. The van der Waals surface area contributed by atoms with Gasteiger partial charge in [-0.25, -0.2) is 9.67 Å². The van der Waals surface area contributed by atoms with Crippen molar-refractivity contribution in [2.24, 2.45) is 0 Å². The van der Waals surface area contributed by atoms with Gasteiger partial charge in [-0.1, -0.05) is 29.8 Å². The zero-order valence-corrected chi connectivity index (χ0v) is 15.3.